The van der Waals surface area contributed by atoms with E-state index in [9.17, 15) is 14.4 Å². The van der Waals surface area contributed by atoms with Gasteiger partial charge >= 0.3 is 5.69 Å². The number of aromatic amines is 1. The van der Waals surface area contributed by atoms with Crippen LogP contribution in [0.15, 0.2) is 64.2 Å². The molecule has 4 N–H and O–H groups in total. The van der Waals surface area contributed by atoms with Crippen LogP contribution in [-0.4, -0.2) is 22.0 Å². The zero-order valence-corrected chi connectivity index (χ0v) is 18.4. The average molecular weight is 447 g/mol. The number of carbonyl (C=O) groups excluding carboxylic acids is 1. The van der Waals surface area contributed by atoms with Crippen LogP contribution in [0.1, 0.15) is 30.9 Å². The minimum Gasteiger partial charge on any atom is -0.383 e. The molecule has 0 bridgehead atoms. The lowest BCUT2D eigenvalue weighted by Gasteiger charge is -2.26. The Morgan fingerprint density at radius 3 is 2.64 bits per heavy atom. The van der Waals surface area contributed by atoms with Crippen molar-refractivity contribution in [3.8, 4) is 6.07 Å². The van der Waals surface area contributed by atoms with Gasteiger partial charge in [-0.3, -0.25) is 19.1 Å². The molecule has 170 valence electrons. The normalized spacial score (nSPS) is 10.4. The molecule has 2 aromatic carbocycles. The molecule has 1 aromatic heterocycles. The van der Waals surface area contributed by atoms with Gasteiger partial charge in [-0.2, -0.15) is 5.26 Å². The van der Waals surface area contributed by atoms with Crippen molar-refractivity contribution in [2.24, 2.45) is 0 Å². The van der Waals surface area contributed by atoms with Crippen molar-refractivity contribution in [2.75, 3.05) is 22.5 Å². The van der Waals surface area contributed by atoms with Crippen molar-refractivity contribution in [3.63, 3.8) is 0 Å². The van der Waals surface area contributed by atoms with Gasteiger partial charge in [-0.25, -0.2) is 4.79 Å². The van der Waals surface area contributed by atoms with Gasteiger partial charge in [0.2, 0.25) is 5.91 Å². The predicted molar refractivity (Wildman–Crippen MR) is 128 cm³/mol. The number of aromatic nitrogens is 2. The van der Waals surface area contributed by atoms with Crippen molar-refractivity contribution in [1.82, 2.24) is 9.55 Å². The molecular formula is C24H26N6O3. The SMILES string of the molecule is CCCCn1c(N)c(N(CC(=O)Nc2cccc(C#N)c2)Cc2ccccc2)c(=O)[nH]c1=O. The van der Waals surface area contributed by atoms with Crippen LogP contribution in [-0.2, 0) is 17.9 Å². The third kappa shape index (κ3) is 5.89. The van der Waals surface area contributed by atoms with Gasteiger partial charge in [-0.1, -0.05) is 49.7 Å². The first-order valence-corrected chi connectivity index (χ1v) is 10.6. The fourth-order valence-electron chi connectivity index (χ4n) is 3.48. The highest BCUT2D eigenvalue weighted by Crippen LogP contribution is 2.20. The van der Waals surface area contributed by atoms with Crippen molar-refractivity contribution < 1.29 is 4.79 Å². The van der Waals surface area contributed by atoms with Crippen LogP contribution in [0.2, 0.25) is 0 Å². The monoisotopic (exact) mass is 446 g/mol. The minimum atomic E-state index is -0.652. The number of hydrogen-bond acceptors (Lipinski definition) is 6. The van der Waals surface area contributed by atoms with Crippen LogP contribution in [0.25, 0.3) is 0 Å². The fraction of sp³-hybridized carbons (Fsp3) is 0.250. The Hall–Kier alpha value is -4.32. The summed E-state index contributed by atoms with van der Waals surface area (Å²) in [6, 6.07) is 17.9. The standard InChI is InChI=1S/C24H26N6O3/c1-2-3-12-30-22(26)21(23(32)28-24(30)33)29(15-17-8-5-4-6-9-17)16-20(31)27-19-11-7-10-18(13-19)14-25/h4-11,13H,2-3,12,15-16,26H2,1H3,(H,27,31)(H,28,32,33). The Morgan fingerprint density at radius 2 is 1.94 bits per heavy atom. The van der Waals surface area contributed by atoms with Crippen molar-refractivity contribution in [1.29, 1.82) is 5.26 Å². The summed E-state index contributed by atoms with van der Waals surface area (Å²) in [7, 11) is 0. The first-order valence-electron chi connectivity index (χ1n) is 10.6. The molecule has 0 aliphatic heterocycles. The van der Waals surface area contributed by atoms with E-state index in [2.05, 4.69) is 10.3 Å². The molecule has 0 aliphatic rings. The Kier molecular flexibility index (Phi) is 7.65. The lowest BCUT2D eigenvalue weighted by Crippen LogP contribution is -2.41. The largest absolute Gasteiger partial charge is 0.383 e. The van der Waals surface area contributed by atoms with Gasteiger partial charge in [-0.15, -0.1) is 0 Å². The number of nitriles is 1. The molecule has 33 heavy (non-hydrogen) atoms. The van der Waals surface area contributed by atoms with E-state index in [1.165, 1.54) is 4.57 Å². The van der Waals surface area contributed by atoms with Crippen LogP contribution in [0.5, 0.6) is 0 Å². The maximum atomic E-state index is 12.9. The Bertz CT molecular complexity index is 1270. The number of unbranched alkanes of at least 4 members (excludes halogenated alkanes) is 1. The van der Waals surface area contributed by atoms with Crippen molar-refractivity contribution in [2.45, 2.75) is 32.9 Å². The third-order valence-corrected chi connectivity index (χ3v) is 5.09. The quantitative estimate of drug-likeness (QED) is 0.462. The third-order valence-electron chi connectivity index (χ3n) is 5.09. The van der Waals surface area contributed by atoms with Crippen LogP contribution < -0.4 is 27.2 Å². The number of amides is 1. The molecule has 3 rings (SSSR count). The maximum absolute atomic E-state index is 12.9. The number of benzene rings is 2. The first-order chi connectivity index (χ1) is 15.9. The van der Waals surface area contributed by atoms with Gasteiger partial charge in [-0.05, 0) is 30.2 Å². The molecule has 0 unspecified atom stereocenters. The van der Waals surface area contributed by atoms with Crippen molar-refractivity contribution in [3.05, 3.63) is 86.6 Å². The van der Waals surface area contributed by atoms with Crippen molar-refractivity contribution >= 4 is 23.1 Å². The molecule has 9 nitrogen and oxygen atoms in total. The second-order valence-corrected chi connectivity index (χ2v) is 7.58. The van der Waals surface area contributed by atoms with E-state index >= 15 is 0 Å². The molecule has 0 saturated carbocycles. The highest BCUT2D eigenvalue weighted by Gasteiger charge is 2.21. The number of carbonyl (C=O) groups is 1. The van der Waals surface area contributed by atoms with Crippen LogP contribution in [0.3, 0.4) is 0 Å². The van der Waals surface area contributed by atoms with Gasteiger partial charge in [0, 0.05) is 18.8 Å². The first kappa shape index (κ1) is 23.3. The van der Waals surface area contributed by atoms with Gasteiger partial charge in [0.05, 0.1) is 18.2 Å². The second kappa shape index (κ2) is 10.8. The summed E-state index contributed by atoms with van der Waals surface area (Å²) < 4.78 is 1.33. The molecule has 1 heterocycles. The number of nitrogens with zero attached hydrogens (tertiary/aromatic N) is 3. The molecular weight excluding hydrogens is 420 g/mol. The molecule has 9 heteroatoms. The molecule has 0 spiro atoms. The van der Waals surface area contributed by atoms with Crippen LogP contribution in [0, 0.1) is 11.3 Å². The molecule has 0 saturated heterocycles. The molecule has 1 amide bonds. The average Bonchev–Trinajstić information content (AvgIpc) is 2.79. The minimum absolute atomic E-state index is 0.0207. The molecule has 0 radical (unpaired) electrons. The van der Waals surface area contributed by atoms with E-state index in [1.54, 1.807) is 29.2 Å². The van der Waals surface area contributed by atoms with Crippen LogP contribution >= 0.6 is 0 Å². The van der Waals surface area contributed by atoms with Gasteiger partial charge < -0.3 is 16.0 Å². The smallest absolute Gasteiger partial charge is 0.330 e. The number of anilines is 3. The van der Waals surface area contributed by atoms with Gasteiger partial charge in [0.1, 0.15) is 11.5 Å². The summed E-state index contributed by atoms with van der Waals surface area (Å²) in [5.74, 6) is -0.376. The summed E-state index contributed by atoms with van der Waals surface area (Å²) in [6.07, 6.45) is 1.56. The molecule has 0 fully saturated rings. The molecule has 0 aliphatic carbocycles. The van der Waals surface area contributed by atoms with E-state index in [0.717, 1.165) is 12.0 Å². The number of H-pyrrole nitrogens is 1. The summed E-state index contributed by atoms with van der Waals surface area (Å²) in [6.45, 7) is 2.38. The fourth-order valence-corrected chi connectivity index (χ4v) is 3.48. The highest BCUT2D eigenvalue weighted by molar-refractivity contribution is 5.94. The van der Waals surface area contributed by atoms with E-state index in [1.807, 2.05) is 43.3 Å². The topological polar surface area (TPSA) is 137 Å². The second-order valence-electron chi connectivity index (χ2n) is 7.58. The number of hydrogen-bond donors (Lipinski definition) is 3. The van der Waals surface area contributed by atoms with E-state index in [0.29, 0.717) is 24.2 Å². The molecule has 0 atom stereocenters. The highest BCUT2D eigenvalue weighted by atomic mass is 16.2. The maximum Gasteiger partial charge on any atom is 0.330 e. The number of rotatable bonds is 9. The Balaban J connectivity index is 1.96. The zero-order chi connectivity index (χ0) is 23.8. The summed E-state index contributed by atoms with van der Waals surface area (Å²) >= 11 is 0. The predicted octanol–water partition coefficient (Wildman–Crippen LogP) is 2.44. The number of nitrogens with two attached hydrogens (primary N) is 1. The van der Waals surface area contributed by atoms with Gasteiger partial charge in [0.25, 0.3) is 5.56 Å². The Morgan fingerprint density at radius 1 is 1.18 bits per heavy atom. The van der Waals surface area contributed by atoms with Crippen LogP contribution in [0.4, 0.5) is 17.2 Å². The number of nitrogen functional groups attached to an aromatic ring is 1. The summed E-state index contributed by atoms with van der Waals surface area (Å²) in [5, 5.41) is 11.8. The summed E-state index contributed by atoms with van der Waals surface area (Å²) in [5.41, 5.74) is 6.86. The van der Waals surface area contributed by atoms with E-state index in [-0.39, 0.29) is 24.6 Å². The van der Waals surface area contributed by atoms with E-state index in [4.69, 9.17) is 11.0 Å². The summed E-state index contributed by atoms with van der Waals surface area (Å²) in [4.78, 5) is 41.9. The zero-order valence-electron chi connectivity index (χ0n) is 18.4. The Labute approximate surface area is 191 Å². The lowest BCUT2D eigenvalue weighted by molar-refractivity contribution is -0.115. The lowest BCUT2D eigenvalue weighted by atomic mass is 10.2. The number of nitrogens with one attached hydrogen (secondary N) is 2. The molecule has 3 aromatic rings. The van der Waals surface area contributed by atoms with Gasteiger partial charge in [0.15, 0.2) is 0 Å². The van der Waals surface area contributed by atoms with E-state index < -0.39 is 17.2 Å².